The first-order valence-corrected chi connectivity index (χ1v) is 10.8. The van der Waals surface area contributed by atoms with Crippen LogP contribution in [0.3, 0.4) is 0 Å². The largest absolute Gasteiger partial charge is 0.483 e. The molecule has 3 aliphatic heterocycles. The zero-order valence-corrected chi connectivity index (χ0v) is 18.9. The first-order valence-electron chi connectivity index (χ1n) is 10.4. The van der Waals surface area contributed by atoms with Crippen molar-refractivity contribution >= 4 is 34.7 Å². The van der Waals surface area contributed by atoms with Gasteiger partial charge in [0.1, 0.15) is 18.4 Å². The first kappa shape index (κ1) is 20.2. The lowest BCUT2D eigenvalue weighted by atomic mass is 9.89. The SMILES string of the molecule is C[C@@H]1C(=O)NN=C2COc3cc(-c4ccccc4Cl)c(N(C)C4(C)CN(C)C4)cc3N21. The standard InChI is InChI=1S/C23H26ClN5O2/c1-14-22(30)26-25-21-11-31-20-9-16(15-7-5-6-8-17(15)24)18(10-19(20)29(14)21)28(4)23(2)12-27(3)13-23/h5-10,14H,11-13H2,1-4H3,(H,26,30)/t14-/m1/s1. The number of amides is 1. The van der Waals surface area contributed by atoms with Gasteiger partial charge in [-0.1, -0.05) is 29.8 Å². The second-order valence-corrected chi connectivity index (χ2v) is 9.29. The minimum Gasteiger partial charge on any atom is -0.483 e. The van der Waals surface area contributed by atoms with Gasteiger partial charge in [0.05, 0.1) is 11.2 Å². The molecule has 1 atom stereocenters. The van der Waals surface area contributed by atoms with E-state index in [1.165, 1.54) is 0 Å². The van der Waals surface area contributed by atoms with E-state index in [-0.39, 0.29) is 17.5 Å². The summed E-state index contributed by atoms with van der Waals surface area (Å²) >= 11 is 6.61. The van der Waals surface area contributed by atoms with Crippen molar-refractivity contribution in [3.63, 3.8) is 0 Å². The molecular weight excluding hydrogens is 414 g/mol. The quantitative estimate of drug-likeness (QED) is 0.796. The fraction of sp³-hybridized carbons (Fsp3) is 0.391. The molecule has 1 N–H and O–H groups in total. The maximum absolute atomic E-state index is 12.3. The molecule has 7 nitrogen and oxygen atoms in total. The molecule has 3 heterocycles. The van der Waals surface area contributed by atoms with Crippen LogP contribution in [0.15, 0.2) is 41.5 Å². The highest BCUT2D eigenvalue weighted by molar-refractivity contribution is 6.33. The number of carbonyl (C=O) groups is 1. The van der Waals surface area contributed by atoms with Gasteiger partial charge in [-0.3, -0.25) is 4.79 Å². The molecule has 162 valence electrons. The van der Waals surface area contributed by atoms with Crippen LogP contribution in [-0.4, -0.2) is 62.0 Å². The van der Waals surface area contributed by atoms with Crippen LogP contribution in [0.5, 0.6) is 5.75 Å². The maximum Gasteiger partial charge on any atom is 0.262 e. The summed E-state index contributed by atoms with van der Waals surface area (Å²) in [6.07, 6.45) is 0. The van der Waals surface area contributed by atoms with Gasteiger partial charge in [-0.15, -0.1) is 0 Å². The van der Waals surface area contributed by atoms with Crippen LogP contribution in [0.4, 0.5) is 11.4 Å². The summed E-state index contributed by atoms with van der Waals surface area (Å²) in [4.78, 5) is 18.9. The molecule has 0 bridgehead atoms. The molecule has 5 rings (SSSR count). The highest BCUT2D eigenvalue weighted by Crippen LogP contribution is 2.47. The van der Waals surface area contributed by atoms with Crippen molar-refractivity contribution < 1.29 is 9.53 Å². The van der Waals surface area contributed by atoms with E-state index in [1.807, 2.05) is 42.2 Å². The number of nitrogens with zero attached hydrogens (tertiary/aromatic N) is 4. The Balaban J connectivity index is 1.70. The number of amidine groups is 1. The van der Waals surface area contributed by atoms with Crippen LogP contribution in [0.25, 0.3) is 11.1 Å². The number of hydrogen-bond donors (Lipinski definition) is 1. The fourth-order valence-electron chi connectivity index (χ4n) is 4.85. The molecular formula is C23H26ClN5O2. The molecule has 0 aliphatic carbocycles. The van der Waals surface area contributed by atoms with Crippen LogP contribution in [0.2, 0.25) is 5.02 Å². The molecule has 1 amide bonds. The predicted molar refractivity (Wildman–Crippen MR) is 124 cm³/mol. The lowest BCUT2D eigenvalue weighted by molar-refractivity contribution is -0.122. The van der Waals surface area contributed by atoms with Gasteiger partial charge >= 0.3 is 0 Å². The number of ether oxygens (including phenoxy) is 1. The van der Waals surface area contributed by atoms with Crippen molar-refractivity contribution in [3.05, 3.63) is 41.4 Å². The van der Waals surface area contributed by atoms with Gasteiger partial charge in [0.15, 0.2) is 5.84 Å². The van der Waals surface area contributed by atoms with Gasteiger partial charge in [-0.25, -0.2) is 5.43 Å². The Labute approximate surface area is 187 Å². The molecule has 8 heteroatoms. The van der Waals surface area contributed by atoms with Crippen molar-refractivity contribution in [2.45, 2.75) is 25.4 Å². The molecule has 2 aromatic rings. The van der Waals surface area contributed by atoms with Crippen molar-refractivity contribution in [1.82, 2.24) is 10.3 Å². The van der Waals surface area contributed by atoms with Gasteiger partial charge in [0.25, 0.3) is 5.91 Å². The summed E-state index contributed by atoms with van der Waals surface area (Å²) in [5.41, 5.74) is 6.44. The van der Waals surface area contributed by atoms with Crippen LogP contribution < -0.4 is 20.0 Å². The monoisotopic (exact) mass is 439 g/mol. The van der Waals surface area contributed by atoms with E-state index >= 15 is 0 Å². The zero-order chi connectivity index (χ0) is 21.9. The Morgan fingerprint density at radius 2 is 2.00 bits per heavy atom. The third-order valence-corrected chi connectivity index (χ3v) is 6.92. The van der Waals surface area contributed by atoms with E-state index in [0.717, 1.165) is 41.3 Å². The predicted octanol–water partition coefficient (Wildman–Crippen LogP) is 3.18. The number of halogens is 1. The number of carbonyl (C=O) groups excluding carboxylic acids is 1. The first-order chi connectivity index (χ1) is 14.8. The summed E-state index contributed by atoms with van der Waals surface area (Å²) in [5.74, 6) is 1.30. The van der Waals surface area contributed by atoms with E-state index in [4.69, 9.17) is 16.3 Å². The highest BCUT2D eigenvalue weighted by atomic mass is 35.5. The second-order valence-electron chi connectivity index (χ2n) is 8.88. The third kappa shape index (κ3) is 3.15. The van der Waals surface area contributed by atoms with Crippen LogP contribution >= 0.6 is 11.6 Å². The Morgan fingerprint density at radius 3 is 2.71 bits per heavy atom. The molecule has 3 aliphatic rings. The average Bonchev–Trinajstić information content (AvgIpc) is 2.74. The van der Waals surface area contributed by atoms with Crippen molar-refractivity contribution in [2.75, 3.05) is 43.6 Å². The molecule has 0 saturated carbocycles. The van der Waals surface area contributed by atoms with Crippen molar-refractivity contribution in [3.8, 4) is 16.9 Å². The Morgan fingerprint density at radius 1 is 1.26 bits per heavy atom. The summed E-state index contributed by atoms with van der Waals surface area (Å²) in [6, 6.07) is 11.6. The average molecular weight is 440 g/mol. The zero-order valence-electron chi connectivity index (χ0n) is 18.1. The van der Waals surface area contributed by atoms with Crippen LogP contribution in [-0.2, 0) is 4.79 Å². The number of likely N-dealkylation sites (N-methyl/N-ethyl adjacent to an activating group) is 2. The highest BCUT2D eigenvalue weighted by Gasteiger charge is 2.42. The van der Waals surface area contributed by atoms with E-state index in [2.05, 4.69) is 47.4 Å². The summed E-state index contributed by atoms with van der Waals surface area (Å²) < 4.78 is 6.06. The number of nitrogens with one attached hydrogen (secondary N) is 1. The van der Waals surface area contributed by atoms with Crippen LogP contribution in [0.1, 0.15) is 13.8 Å². The van der Waals surface area contributed by atoms with E-state index in [9.17, 15) is 4.79 Å². The van der Waals surface area contributed by atoms with E-state index in [0.29, 0.717) is 17.5 Å². The Hall–Kier alpha value is -2.77. The van der Waals surface area contributed by atoms with Gasteiger partial charge in [-0.2, -0.15) is 5.10 Å². The summed E-state index contributed by atoms with van der Waals surface area (Å²) in [6.45, 7) is 6.38. The number of rotatable bonds is 3. The number of fused-ring (bicyclic) bond motifs is 3. The van der Waals surface area contributed by atoms with Gasteiger partial charge in [-0.05, 0) is 39.1 Å². The smallest absolute Gasteiger partial charge is 0.262 e. The Kier molecular flexibility index (Phi) is 4.64. The lowest BCUT2D eigenvalue weighted by Gasteiger charge is -2.53. The topological polar surface area (TPSA) is 60.4 Å². The van der Waals surface area contributed by atoms with Gasteiger partial charge in [0.2, 0.25) is 0 Å². The molecule has 31 heavy (non-hydrogen) atoms. The lowest BCUT2D eigenvalue weighted by Crippen LogP contribution is -2.66. The third-order valence-electron chi connectivity index (χ3n) is 6.59. The number of likely N-dealkylation sites (tertiary alicyclic amines) is 1. The molecule has 2 aromatic carbocycles. The summed E-state index contributed by atoms with van der Waals surface area (Å²) in [7, 11) is 4.25. The molecule has 1 saturated heterocycles. The number of benzene rings is 2. The summed E-state index contributed by atoms with van der Waals surface area (Å²) in [5, 5.41) is 4.91. The molecule has 0 spiro atoms. The van der Waals surface area contributed by atoms with E-state index in [1.54, 1.807) is 0 Å². The number of hydrazone groups is 1. The van der Waals surface area contributed by atoms with E-state index < -0.39 is 0 Å². The number of anilines is 2. The molecule has 1 fully saturated rings. The fourth-order valence-corrected chi connectivity index (χ4v) is 5.09. The van der Waals surface area contributed by atoms with Crippen molar-refractivity contribution in [2.24, 2.45) is 5.10 Å². The normalized spacial score (nSPS) is 21.8. The van der Waals surface area contributed by atoms with Gasteiger partial charge in [0, 0.05) is 42.0 Å². The second kappa shape index (κ2) is 7.14. The van der Waals surface area contributed by atoms with Gasteiger partial charge < -0.3 is 19.4 Å². The minimum absolute atomic E-state index is 0.00365. The minimum atomic E-state index is -0.370. The maximum atomic E-state index is 12.3. The molecule has 0 aromatic heterocycles. The molecule has 0 unspecified atom stereocenters. The Bertz CT molecular complexity index is 1100. The van der Waals surface area contributed by atoms with Crippen molar-refractivity contribution in [1.29, 1.82) is 0 Å². The van der Waals surface area contributed by atoms with Crippen LogP contribution in [0, 0.1) is 0 Å². The molecule has 0 radical (unpaired) electrons. The number of hydrogen-bond acceptors (Lipinski definition) is 6.